The van der Waals surface area contributed by atoms with Gasteiger partial charge in [0.05, 0.1) is 0 Å². The average Bonchev–Trinajstić information content (AvgIpc) is 2.16. The fourth-order valence-electron chi connectivity index (χ4n) is 1.38. The van der Waals surface area contributed by atoms with Crippen molar-refractivity contribution < 1.29 is 17.9 Å². The lowest BCUT2D eigenvalue weighted by atomic mass is 10.1. The van der Waals surface area contributed by atoms with Crippen LogP contribution in [0.3, 0.4) is 0 Å². The molecule has 16 heavy (non-hydrogen) atoms. The second-order valence-electron chi connectivity index (χ2n) is 3.40. The minimum atomic E-state index is -4.63. The minimum Gasteiger partial charge on any atom is -0.406 e. The maximum atomic E-state index is 11.9. The molecule has 1 N–H and O–H groups in total. The second-order valence-corrected chi connectivity index (χ2v) is 3.40. The second kappa shape index (κ2) is 5.21. The first-order valence-corrected chi connectivity index (χ1v) is 5.01. The lowest BCUT2D eigenvalue weighted by molar-refractivity contribution is -0.274. The van der Waals surface area contributed by atoms with Gasteiger partial charge in [0.1, 0.15) is 5.75 Å². The van der Waals surface area contributed by atoms with Crippen LogP contribution in [-0.4, -0.2) is 12.9 Å². The fourth-order valence-corrected chi connectivity index (χ4v) is 1.38. The Kier molecular flexibility index (Phi) is 4.18. The van der Waals surface area contributed by atoms with Crippen LogP contribution in [0.15, 0.2) is 24.3 Å². The largest absolute Gasteiger partial charge is 0.573 e. The normalized spacial score (nSPS) is 13.6. The van der Waals surface area contributed by atoms with E-state index in [-0.39, 0.29) is 11.8 Å². The smallest absolute Gasteiger partial charge is 0.406 e. The number of nitrogens with one attached hydrogen (secondary N) is 1. The Bertz CT molecular complexity index is 321. The molecule has 5 heteroatoms. The summed E-state index contributed by atoms with van der Waals surface area (Å²) in [6, 6.07) is 5.99. The van der Waals surface area contributed by atoms with Crippen LogP contribution in [0.25, 0.3) is 0 Å². The Labute approximate surface area is 92.4 Å². The fraction of sp³-hybridized carbons (Fsp3) is 0.455. The highest BCUT2D eigenvalue weighted by atomic mass is 19.4. The molecule has 0 saturated heterocycles. The molecular formula is C11H14F3NO. The molecule has 1 rings (SSSR count). The maximum Gasteiger partial charge on any atom is 0.573 e. The van der Waals surface area contributed by atoms with Gasteiger partial charge in [-0.1, -0.05) is 19.1 Å². The van der Waals surface area contributed by atoms with Crippen molar-refractivity contribution in [2.45, 2.75) is 26.3 Å². The van der Waals surface area contributed by atoms with Crippen molar-refractivity contribution >= 4 is 0 Å². The van der Waals surface area contributed by atoms with E-state index < -0.39 is 6.36 Å². The molecule has 1 unspecified atom stereocenters. The van der Waals surface area contributed by atoms with Crippen LogP contribution in [0.1, 0.15) is 25.5 Å². The van der Waals surface area contributed by atoms with Gasteiger partial charge in [-0.3, -0.25) is 0 Å². The predicted octanol–water partition coefficient (Wildman–Crippen LogP) is 3.26. The monoisotopic (exact) mass is 233 g/mol. The van der Waals surface area contributed by atoms with E-state index in [4.69, 9.17) is 0 Å². The van der Waals surface area contributed by atoms with E-state index in [0.29, 0.717) is 0 Å². The van der Waals surface area contributed by atoms with Crippen molar-refractivity contribution in [3.05, 3.63) is 29.8 Å². The third-order valence-electron chi connectivity index (χ3n) is 2.12. The molecule has 0 aliphatic heterocycles. The van der Waals surface area contributed by atoms with Gasteiger partial charge in [0.2, 0.25) is 0 Å². The Morgan fingerprint density at radius 3 is 2.25 bits per heavy atom. The van der Waals surface area contributed by atoms with Crippen molar-refractivity contribution in [2.24, 2.45) is 0 Å². The van der Waals surface area contributed by atoms with E-state index in [9.17, 15) is 13.2 Å². The summed E-state index contributed by atoms with van der Waals surface area (Å²) in [6.07, 6.45) is -4.63. The summed E-state index contributed by atoms with van der Waals surface area (Å²) in [6.45, 7) is 4.72. The minimum absolute atomic E-state index is 0.116. The first-order chi connectivity index (χ1) is 7.42. The van der Waals surface area contributed by atoms with Crippen LogP contribution in [0.2, 0.25) is 0 Å². The number of hydrogen-bond acceptors (Lipinski definition) is 2. The molecule has 0 aliphatic carbocycles. The van der Waals surface area contributed by atoms with Gasteiger partial charge in [-0.25, -0.2) is 0 Å². The Hall–Kier alpha value is -1.23. The Morgan fingerprint density at radius 2 is 1.81 bits per heavy atom. The van der Waals surface area contributed by atoms with Gasteiger partial charge < -0.3 is 10.1 Å². The molecule has 1 aromatic carbocycles. The summed E-state index contributed by atoms with van der Waals surface area (Å²) >= 11 is 0. The Balaban J connectivity index is 2.68. The van der Waals surface area contributed by atoms with Crippen molar-refractivity contribution in [1.29, 1.82) is 0 Å². The zero-order chi connectivity index (χ0) is 12.2. The van der Waals surface area contributed by atoms with Crippen LogP contribution in [0.4, 0.5) is 13.2 Å². The van der Waals surface area contributed by atoms with Crippen LogP contribution < -0.4 is 10.1 Å². The molecule has 0 heterocycles. The van der Waals surface area contributed by atoms with Crippen LogP contribution in [-0.2, 0) is 0 Å². The molecule has 1 aromatic rings. The highest BCUT2D eigenvalue weighted by molar-refractivity contribution is 5.29. The summed E-state index contributed by atoms with van der Waals surface area (Å²) in [5, 5.41) is 3.17. The molecule has 0 saturated carbocycles. The zero-order valence-corrected chi connectivity index (χ0v) is 9.14. The lowest BCUT2D eigenvalue weighted by Gasteiger charge is -2.14. The lowest BCUT2D eigenvalue weighted by Crippen LogP contribution is -2.18. The molecule has 0 fully saturated rings. The van der Waals surface area contributed by atoms with Crippen LogP contribution in [0, 0.1) is 0 Å². The molecule has 0 aliphatic rings. The number of rotatable bonds is 4. The summed E-state index contributed by atoms with van der Waals surface area (Å²) in [4.78, 5) is 0. The molecular weight excluding hydrogens is 219 g/mol. The van der Waals surface area contributed by atoms with Gasteiger partial charge in [-0.05, 0) is 31.2 Å². The van der Waals surface area contributed by atoms with Crippen LogP contribution >= 0.6 is 0 Å². The van der Waals surface area contributed by atoms with Gasteiger partial charge in [0, 0.05) is 6.04 Å². The zero-order valence-electron chi connectivity index (χ0n) is 9.14. The third-order valence-corrected chi connectivity index (χ3v) is 2.12. The van der Waals surface area contributed by atoms with Gasteiger partial charge in [-0.2, -0.15) is 0 Å². The van der Waals surface area contributed by atoms with E-state index in [1.165, 1.54) is 12.1 Å². The van der Waals surface area contributed by atoms with E-state index in [0.717, 1.165) is 12.1 Å². The first kappa shape index (κ1) is 12.8. The SMILES string of the molecule is CCNC(C)c1ccc(OC(F)(F)F)cc1. The van der Waals surface area contributed by atoms with Gasteiger partial charge in [0.25, 0.3) is 0 Å². The highest BCUT2D eigenvalue weighted by Crippen LogP contribution is 2.24. The summed E-state index contributed by atoms with van der Waals surface area (Å²) in [5.41, 5.74) is 0.927. The number of hydrogen-bond donors (Lipinski definition) is 1. The van der Waals surface area contributed by atoms with Crippen molar-refractivity contribution in [1.82, 2.24) is 5.32 Å². The predicted molar refractivity (Wildman–Crippen MR) is 55.2 cm³/mol. The quantitative estimate of drug-likeness (QED) is 0.861. The van der Waals surface area contributed by atoms with Gasteiger partial charge >= 0.3 is 6.36 Å². The Morgan fingerprint density at radius 1 is 1.25 bits per heavy atom. The van der Waals surface area contributed by atoms with Gasteiger partial charge in [-0.15, -0.1) is 13.2 Å². The van der Waals surface area contributed by atoms with E-state index in [2.05, 4.69) is 10.1 Å². The third kappa shape index (κ3) is 4.10. The van der Waals surface area contributed by atoms with Crippen molar-refractivity contribution in [3.8, 4) is 5.75 Å². The van der Waals surface area contributed by atoms with E-state index in [1.807, 2.05) is 13.8 Å². The molecule has 90 valence electrons. The molecule has 0 bridgehead atoms. The standard InChI is InChI=1S/C11H14F3NO/c1-3-15-8(2)9-4-6-10(7-5-9)16-11(12,13)14/h4-8,15H,3H2,1-2H3. The van der Waals surface area contributed by atoms with Gasteiger partial charge in [0.15, 0.2) is 0 Å². The van der Waals surface area contributed by atoms with E-state index in [1.54, 1.807) is 12.1 Å². The summed E-state index contributed by atoms with van der Waals surface area (Å²) < 4.78 is 39.4. The molecule has 0 radical (unpaired) electrons. The molecule has 0 amide bonds. The number of alkyl halides is 3. The first-order valence-electron chi connectivity index (χ1n) is 5.01. The number of halogens is 3. The molecule has 0 spiro atoms. The van der Waals surface area contributed by atoms with Crippen molar-refractivity contribution in [2.75, 3.05) is 6.54 Å². The highest BCUT2D eigenvalue weighted by Gasteiger charge is 2.30. The van der Waals surface area contributed by atoms with Crippen LogP contribution in [0.5, 0.6) is 5.75 Å². The summed E-state index contributed by atoms with van der Waals surface area (Å²) in [7, 11) is 0. The molecule has 1 atom stereocenters. The molecule has 2 nitrogen and oxygen atoms in total. The topological polar surface area (TPSA) is 21.3 Å². The molecule has 0 aromatic heterocycles. The van der Waals surface area contributed by atoms with E-state index >= 15 is 0 Å². The average molecular weight is 233 g/mol. The van der Waals surface area contributed by atoms with Crippen molar-refractivity contribution in [3.63, 3.8) is 0 Å². The summed E-state index contributed by atoms with van der Waals surface area (Å²) in [5.74, 6) is -0.194. The maximum absolute atomic E-state index is 11.9. The number of benzene rings is 1. The number of ether oxygens (including phenoxy) is 1.